The van der Waals surface area contributed by atoms with E-state index in [1.807, 2.05) is 11.6 Å². The fourth-order valence-electron chi connectivity index (χ4n) is 2.26. The molecule has 2 heterocycles. The number of nitrogens with zero attached hydrogens (tertiary/aromatic N) is 2. The monoisotopic (exact) mass is 281 g/mol. The van der Waals surface area contributed by atoms with E-state index in [2.05, 4.69) is 35.5 Å². The van der Waals surface area contributed by atoms with Crippen molar-refractivity contribution in [2.45, 2.75) is 46.2 Å². The summed E-state index contributed by atoms with van der Waals surface area (Å²) in [7, 11) is 1.68. The summed E-state index contributed by atoms with van der Waals surface area (Å²) < 4.78 is 7.46. The van der Waals surface area contributed by atoms with Gasteiger partial charge in [0.05, 0.1) is 7.11 Å². The molecule has 19 heavy (non-hydrogen) atoms. The van der Waals surface area contributed by atoms with E-state index in [9.17, 15) is 0 Å². The second-order valence-corrected chi connectivity index (χ2v) is 6.03. The third-order valence-electron chi connectivity index (χ3n) is 3.59. The molecule has 2 atom stereocenters. The highest BCUT2D eigenvalue weighted by atomic mass is 32.1. The third-order valence-corrected chi connectivity index (χ3v) is 4.35. The highest BCUT2D eigenvalue weighted by molar-refractivity contribution is 7.15. The van der Waals surface area contributed by atoms with Crippen LogP contribution in [0.15, 0.2) is 11.6 Å². The van der Waals surface area contributed by atoms with Crippen LogP contribution in [-0.2, 0) is 6.54 Å². The maximum atomic E-state index is 5.36. The van der Waals surface area contributed by atoms with Gasteiger partial charge >= 0.3 is 0 Å². The van der Waals surface area contributed by atoms with Gasteiger partial charge in [-0.25, -0.2) is 0 Å². The summed E-state index contributed by atoms with van der Waals surface area (Å²) in [6.07, 6.45) is 4.48. The Labute approximate surface area is 118 Å². The predicted molar refractivity (Wildman–Crippen MR) is 80.0 cm³/mol. The minimum absolute atomic E-state index is 0.504. The molecule has 2 unspecified atom stereocenters. The first-order valence-corrected chi connectivity index (χ1v) is 7.75. The van der Waals surface area contributed by atoms with E-state index in [1.54, 1.807) is 18.4 Å². The Morgan fingerprint density at radius 3 is 2.95 bits per heavy atom. The van der Waals surface area contributed by atoms with Gasteiger partial charge in [0.2, 0.25) is 5.88 Å². The number of imidazole rings is 1. The summed E-state index contributed by atoms with van der Waals surface area (Å²) >= 11 is 1.63. The molecule has 0 fully saturated rings. The number of hydrogen-bond donors (Lipinski definition) is 1. The van der Waals surface area contributed by atoms with Gasteiger partial charge in [0.15, 0.2) is 4.96 Å². The number of ether oxygens (including phenoxy) is 1. The largest absolute Gasteiger partial charge is 0.480 e. The summed E-state index contributed by atoms with van der Waals surface area (Å²) in [6.45, 7) is 7.57. The summed E-state index contributed by atoms with van der Waals surface area (Å²) in [6, 6.07) is 0.504. The van der Waals surface area contributed by atoms with E-state index in [0.717, 1.165) is 29.0 Å². The van der Waals surface area contributed by atoms with Crippen LogP contribution >= 0.6 is 11.3 Å². The van der Waals surface area contributed by atoms with E-state index >= 15 is 0 Å². The van der Waals surface area contributed by atoms with Gasteiger partial charge in [-0.15, -0.1) is 11.3 Å². The Bertz CT molecular complexity index is 520. The fourth-order valence-corrected chi connectivity index (χ4v) is 2.99. The molecule has 0 aliphatic carbocycles. The molecule has 0 radical (unpaired) electrons. The van der Waals surface area contributed by atoms with Crippen molar-refractivity contribution in [3.05, 3.63) is 17.3 Å². The minimum atomic E-state index is 0.504. The summed E-state index contributed by atoms with van der Waals surface area (Å²) in [5.41, 5.74) is 1.11. The molecule has 4 nitrogen and oxygen atoms in total. The number of hydrogen-bond acceptors (Lipinski definition) is 4. The Kier molecular flexibility index (Phi) is 4.82. The van der Waals surface area contributed by atoms with Gasteiger partial charge in [0.25, 0.3) is 0 Å². The molecule has 2 aromatic rings. The van der Waals surface area contributed by atoms with Crippen LogP contribution in [0.2, 0.25) is 0 Å². The molecule has 0 aliphatic rings. The molecule has 2 aromatic heterocycles. The highest BCUT2D eigenvalue weighted by Crippen LogP contribution is 2.23. The van der Waals surface area contributed by atoms with Gasteiger partial charge in [0.1, 0.15) is 5.69 Å². The first-order chi connectivity index (χ1) is 9.15. The van der Waals surface area contributed by atoms with Gasteiger partial charge in [-0.3, -0.25) is 4.40 Å². The molecule has 5 heteroatoms. The topological polar surface area (TPSA) is 38.6 Å². The van der Waals surface area contributed by atoms with Crippen molar-refractivity contribution in [2.75, 3.05) is 7.11 Å². The van der Waals surface area contributed by atoms with Crippen LogP contribution in [-0.4, -0.2) is 22.5 Å². The van der Waals surface area contributed by atoms with Crippen LogP contribution in [0, 0.1) is 5.92 Å². The van der Waals surface area contributed by atoms with E-state index in [4.69, 9.17) is 4.74 Å². The summed E-state index contributed by atoms with van der Waals surface area (Å²) in [4.78, 5) is 5.45. The summed E-state index contributed by atoms with van der Waals surface area (Å²) in [5, 5.41) is 5.62. The first kappa shape index (κ1) is 14.3. The van der Waals surface area contributed by atoms with Crippen LogP contribution in [0.4, 0.5) is 0 Å². The van der Waals surface area contributed by atoms with Crippen LogP contribution in [0.5, 0.6) is 5.88 Å². The molecule has 106 valence electrons. The van der Waals surface area contributed by atoms with E-state index in [-0.39, 0.29) is 0 Å². The van der Waals surface area contributed by atoms with Gasteiger partial charge in [-0.05, 0) is 19.3 Å². The number of thiazole rings is 1. The Morgan fingerprint density at radius 1 is 1.47 bits per heavy atom. The van der Waals surface area contributed by atoms with Gasteiger partial charge in [0, 0.05) is 24.2 Å². The maximum Gasteiger partial charge on any atom is 0.237 e. The van der Waals surface area contributed by atoms with Crippen molar-refractivity contribution in [1.82, 2.24) is 14.7 Å². The molecule has 0 spiro atoms. The molecule has 0 saturated heterocycles. The molecule has 0 aromatic carbocycles. The average molecular weight is 281 g/mol. The van der Waals surface area contributed by atoms with Gasteiger partial charge in [-0.2, -0.15) is 4.98 Å². The molecule has 0 saturated carbocycles. The van der Waals surface area contributed by atoms with Crippen LogP contribution in [0.25, 0.3) is 4.96 Å². The molecule has 0 bridgehead atoms. The molecule has 2 rings (SSSR count). The maximum absolute atomic E-state index is 5.36. The molecule has 0 amide bonds. The zero-order valence-electron chi connectivity index (χ0n) is 12.1. The van der Waals surface area contributed by atoms with Gasteiger partial charge in [-0.1, -0.05) is 20.3 Å². The Hall–Kier alpha value is -1.07. The smallest absolute Gasteiger partial charge is 0.237 e. The SMILES string of the molecule is CCC(C)CC(C)NCc1c(OC)nc2sccn12. The lowest BCUT2D eigenvalue weighted by Gasteiger charge is -2.17. The predicted octanol–water partition coefficient (Wildman–Crippen LogP) is 3.32. The molecule has 0 aliphatic heterocycles. The zero-order valence-corrected chi connectivity index (χ0v) is 13.0. The number of methoxy groups -OCH3 is 1. The lowest BCUT2D eigenvalue weighted by atomic mass is 10.0. The number of fused-ring (bicyclic) bond motifs is 1. The number of rotatable bonds is 7. The molecule has 1 N–H and O–H groups in total. The second kappa shape index (κ2) is 6.39. The highest BCUT2D eigenvalue weighted by Gasteiger charge is 2.14. The van der Waals surface area contributed by atoms with Crippen molar-refractivity contribution >= 4 is 16.3 Å². The zero-order chi connectivity index (χ0) is 13.8. The van der Waals surface area contributed by atoms with Crippen LogP contribution < -0.4 is 10.1 Å². The van der Waals surface area contributed by atoms with Crippen molar-refractivity contribution < 1.29 is 4.74 Å². The minimum Gasteiger partial charge on any atom is -0.480 e. The fraction of sp³-hybridized carbons (Fsp3) is 0.643. The Morgan fingerprint density at radius 2 is 2.26 bits per heavy atom. The van der Waals surface area contributed by atoms with Crippen LogP contribution in [0.3, 0.4) is 0 Å². The van der Waals surface area contributed by atoms with E-state index in [0.29, 0.717) is 6.04 Å². The first-order valence-electron chi connectivity index (χ1n) is 6.87. The van der Waals surface area contributed by atoms with Crippen molar-refractivity contribution in [3.8, 4) is 5.88 Å². The standard InChI is InChI=1S/C14H23N3OS/c1-5-10(2)8-11(3)15-9-12-13(18-4)16-14-17(12)6-7-19-14/h6-7,10-11,15H,5,8-9H2,1-4H3. The van der Waals surface area contributed by atoms with E-state index in [1.165, 1.54) is 12.8 Å². The quantitative estimate of drug-likeness (QED) is 0.846. The molecular weight excluding hydrogens is 258 g/mol. The van der Waals surface area contributed by atoms with Crippen molar-refractivity contribution in [2.24, 2.45) is 5.92 Å². The molecular formula is C14H23N3OS. The Balaban J connectivity index is 2.02. The van der Waals surface area contributed by atoms with E-state index < -0.39 is 0 Å². The average Bonchev–Trinajstić information content (AvgIpc) is 2.96. The normalized spacial score (nSPS) is 14.7. The summed E-state index contributed by atoms with van der Waals surface area (Å²) in [5.74, 6) is 1.49. The lowest BCUT2D eigenvalue weighted by Crippen LogP contribution is -2.27. The number of nitrogens with one attached hydrogen (secondary N) is 1. The second-order valence-electron chi connectivity index (χ2n) is 5.15. The van der Waals surface area contributed by atoms with Crippen molar-refractivity contribution in [1.29, 1.82) is 0 Å². The van der Waals surface area contributed by atoms with Crippen LogP contribution in [0.1, 0.15) is 39.3 Å². The van der Waals surface area contributed by atoms with Gasteiger partial charge < -0.3 is 10.1 Å². The lowest BCUT2D eigenvalue weighted by molar-refractivity contribution is 0.382. The third kappa shape index (κ3) is 3.28. The van der Waals surface area contributed by atoms with Crippen molar-refractivity contribution in [3.63, 3.8) is 0 Å². The number of aromatic nitrogens is 2.